The summed E-state index contributed by atoms with van der Waals surface area (Å²) in [7, 11) is 1.84. The van der Waals surface area contributed by atoms with Crippen LogP contribution in [0.15, 0.2) is 76.7 Å². The number of rotatable bonds is 6. The van der Waals surface area contributed by atoms with Crippen LogP contribution in [0, 0.1) is 0 Å². The Kier molecular flexibility index (Phi) is 6.18. The number of hydrogen-bond donors (Lipinski definition) is 1. The van der Waals surface area contributed by atoms with E-state index >= 15 is 0 Å². The second-order valence-corrected chi connectivity index (χ2v) is 8.63. The molecule has 6 heteroatoms. The highest BCUT2D eigenvalue weighted by molar-refractivity contribution is 7.99. The average Bonchev–Trinajstić information content (AvgIpc) is 3.20. The summed E-state index contributed by atoms with van der Waals surface area (Å²) >= 11 is 1.58. The van der Waals surface area contributed by atoms with Crippen molar-refractivity contribution in [1.82, 2.24) is 20.1 Å². The lowest BCUT2D eigenvalue weighted by Crippen LogP contribution is -2.33. The fourth-order valence-electron chi connectivity index (χ4n) is 3.13. The number of aromatic amines is 1. The van der Waals surface area contributed by atoms with Crippen molar-refractivity contribution < 1.29 is 4.79 Å². The second kappa shape index (κ2) is 9.18. The van der Waals surface area contributed by atoms with E-state index in [1.807, 2.05) is 75.5 Å². The van der Waals surface area contributed by atoms with Gasteiger partial charge >= 0.3 is 0 Å². The number of carbonyl (C=O) groups excluding carboxylic acids is 1. The minimum atomic E-state index is 0.0302. The van der Waals surface area contributed by atoms with E-state index in [-0.39, 0.29) is 11.9 Å². The number of carbonyl (C=O) groups is 1. The topological polar surface area (TPSA) is 61.9 Å². The van der Waals surface area contributed by atoms with E-state index < -0.39 is 0 Å². The van der Waals surface area contributed by atoms with Gasteiger partial charge in [-0.25, -0.2) is 0 Å². The number of H-pyrrole nitrogens is 1. The summed E-state index contributed by atoms with van der Waals surface area (Å²) in [5, 5.41) is 8.59. The molecule has 0 spiro atoms. The molecule has 2 heterocycles. The molecule has 2 aromatic carbocycles. The van der Waals surface area contributed by atoms with Crippen LogP contribution in [-0.2, 0) is 0 Å². The van der Waals surface area contributed by atoms with Crippen LogP contribution in [0.1, 0.15) is 35.6 Å². The Hall–Kier alpha value is -3.38. The molecular weight excluding hydrogens is 404 g/mol. The molecule has 0 saturated carbocycles. The lowest BCUT2D eigenvalue weighted by molar-refractivity contribution is 0.0751. The van der Waals surface area contributed by atoms with E-state index in [9.17, 15) is 4.79 Å². The normalized spacial score (nSPS) is 11.5. The van der Waals surface area contributed by atoms with Crippen molar-refractivity contribution in [3.63, 3.8) is 0 Å². The largest absolute Gasteiger partial charge is 0.339 e. The van der Waals surface area contributed by atoms with Gasteiger partial charge in [0.05, 0.1) is 22.5 Å². The zero-order valence-corrected chi connectivity index (χ0v) is 18.6. The highest BCUT2D eigenvalue weighted by Crippen LogP contribution is 2.33. The third-order valence-electron chi connectivity index (χ3n) is 5.10. The van der Waals surface area contributed by atoms with Crippen LogP contribution in [0.4, 0.5) is 0 Å². The lowest BCUT2D eigenvalue weighted by atomic mass is 10.2. The van der Waals surface area contributed by atoms with Crippen molar-refractivity contribution in [2.45, 2.75) is 29.7 Å². The zero-order chi connectivity index (χ0) is 21.8. The van der Waals surface area contributed by atoms with Crippen LogP contribution in [-0.4, -0.2) is 39.1 Å². The smallest absolute Gasteiger partial charge is 0.254 e. The first kappa shape index (κ1) is 20.9. The molecule has 0 atom stereocenters. The molecule has 156 valence electrons. The molecule has 0 bridgehead atoms. The molecule has 0 fully saturated rings. The Morgan fingerprint density at radius 2 is 1.87 bits per heavy atom. The molecule has 0 aliphatic carbocycles. The summed E-state index contributed by atoms with van der Waals surface area (Å²) in [5.74, 6) is 0.0302. The number of nitrogens with zero attached hydrogens (tertiary/aromatic N) is 3. The standard InChI is InChI=1S/C25H24N4OS/c1-17(2)29(3)25(30)21-9-4-5-10-24(21)31-19-12-13-20-22(27-28-23(20)16-19)14-11-18-8-6-7-15-26-18/h4-17H,1-3H3,(H,27,28)/b14-11+. The van der Waals surface area contributed by atoms with Crippen LogP contribution in [0.2, 0.25) is 0 Å². The highest BCUT2D eigenvalue weighted by atomic mass is 32.2. The Balaban J connectivity index is 1.58. The molecule has 2 aromatic heterocycles. The number of hydrogen-bond acceptors (Lipinski definition) is 4. The van der Waals surface area contributed by atoms with Crippen molar-refractivity contribution in [2.24, 2.45) is 0 Å². The van der Waals surface area contributed by atoms with Gasteiger partial charge in [-0.15, -0.1) is 0 Å². The first-order valence-corrected chi connectivity index (χ1v) is 11.0. The third kappa shape index (κ3) is 4.70. The molecule has 31 heavy (non-hydrogen) atoms. The minimum absolute atomic E-state index is 0.0302. The highest BCUT2D eigenvalue weighted by Gasteiger charge is 2.18. The van der Waals surface area contributed by atoms with Gasteiger partial charge < -0.3 is 4.90 Å². The molecule has 4 aromatic rings. The molecule has 1 amide bonds. The fourth-order valence-corrected chi connectivity index (χ4v) is 4.11. The first-order chi connectivity index (χ1) is 15.0. The molecule has 1 N–H and O–H groups in total. The summed E-state index contributed by atoms with van der Waals surface area (Å²) in [6.07, 6.45) is 5.68. The predicted octanol–water partition coefficient (Wildman–Crippen LogP) is 5.76. The maximum Gasteiger partial charge on any atom is 0.254 e. The van der Waals surface area contributed by atoms with E-state index in [2.05, 4.69) is 33.4 Å². The molecule has 4 rings (SSSR count). The number of amides is 1. The van der Waals surface area contributed by atoms with E-state index in [1.165, 1.54) is 0 Å². The minimum Gasteiger partial charge on any atom is -0.339 e. The van der Waals surface area contributed by atoms with Crippen molar-refractivity contribution in [3.8, 4) is 0 Å². The monoisotopic (exact) mass is 428 g/mol. The van der Waals surface area contributed by atoms with Gasteiger partial charge in [-0.05, 0) is 68.5 Å². The van der Waals surface area contributed by atoms with Gasteiger partial charge in [-0.2, -0.15) is 5.10 Å². The van der Waals surface area contributed by atoms with Crippen LogP contribution in [0.25, 0.3) is 23.1 Å². The van der Waals surface area contributed by atoms with Crippen molar-refractivity contribution >= 4 is 40.7 Å². The molecule has 0 aliphatic heterocycles. The molecule has 5 nitrogen and oxygen atoms in total. The van der Waals surface area contributed by atoms with Crippen LogP contribution < -0.4 is 0 Å². The second-order valence-electron chi connectivity index (χ2n) is 7.51. The Labute approximate surface area is 186 Å². The first-order valence-electron chi connectivity index (χ1n) is 10.1. The van der Waals surface area contributed by atoms with Gasteiger partial charge in [0.25, 0.3) is 5.91 Å². The van der Waals surface area contributed by atoms with E-state index in [0.29, 0.717) is 5.56 Å². The zero-order valence-electron chi connectivity index (χ0n) is 17.7. The van der Waals surface area contributed by atoms with E-state index in [4.69, 9.17) is 0 Å². The number of nitrogens with one attached hydrogen (secondary N) is 1. The van der Waals surface area contributed by atoms with Crippen LogP contribution in [0.5, 0.6) is 0 Å². The number of fused-ring (bicyclic) bond motifs is 1. The van der Waals surface area contributed by atoms with Gasteiger partial charge in [0.15, 0.2) is 0 Å². The van der Waals surface area contributed by atoms with Crippen LogP contribution in [0.3, 0.4) is 0 Å². The Morgan fingerprint density at radius 3 is 2.65 bits per heavy atom. The molecule has 0 radical (unpaired) electrons. The van der Waals surface area contributed by atoms with E-state index in [1.54, 1.807) is 22.9 Å². The van der Waals surface area contributed by atoms with Crippen molar-refractivity contribution in [1.29, 1.82) is 0 Å². The van der Waals surface area contributed by atoms with E-state index in [0.717, 1.165) is 32.1 Å². The number of benzene rings is 2. The van der Waals surface area contributed by atoms with Crippen molar-refractivity contribution in [3.05, 3.63) is 83.8 Å². The quantitative estimate of drug-likeness (QED) is 0.424. The van der Waals surface area contributed by atoms with Crippen LogP contribution >= 0.6 is 11.8 Å². The summed E-state index contributed by atoms with van der Waals surface area (Å²) in [6, 6.07) is 19.9. The lowest BCUT2D eigenvalue weighted by Gasteiger charge is -2.22. The predicted molar refractivity (Wildman–Crippen MR) is 127 cm³/mol. The summed E-state index contributed by atoms with van der Waals surface area (Å²) in [5.41, 5.74) is 3.42. The van der Waals surface area contributed by atoms with Gasteiger partial charge in [0.2, 0.25) is 0 Å². The summed E-state index contributed by atoms with van der Waals surface area (Å²) < 4.78 is 0. The number of pyridine rings is 1. The number of aromatic nitrogens is 3. The molecule has 0 saturated heterocycles. The maximum absolute atomic E-state index is 12.9. The van der Waals surface area contributed by atoms with Gasteiger partial charge in [0.1, 0.15) is 0 Å². The molecular formula is C25H24N4OS. The maximum atomic E-state index is 12.9. The molecule has 0 aliphatic rings. The summed E-state index contributed by atoms with van der Waals surface area (Å²) in [6.45, 7) is 4.03. The van der Waals surface area contributed by atoms with Crippen molar-refractivity contribution in [2.75, 3.05) is 7.05 Å². The fraction of sp³-hybridized carbons (Fsp3) is 0.160. The van der Waals surface area contributed by atoms with Gasteiger partial charge in [-0.3, -0.25) is 14.9 Å². The SMILES string of the molecule is CC(C)N(C)C(=O)c1ccccc1Sc1ccc2c(/C=C/c3ccccn3)n[nH]c2c1. The Bertz CT molecular complexity index is 1230. The summed E-state index contributed by atoms with van der Waals surface area (Å²) in [4.78, 5) is 20.9. The van der Waals surface area contributed by atoms with Gasteiger partial charge in [-0.1, -0.05) is 30.0 Å². The molecule has 0 unspecified atom stereocenters. The average molecular weight is 429 g/mol. The Morgan fingerprint density at radius 1 is 1.06 bits per heavy atom. The third-order valence-corrected chi connectivity index (χ3v) is 6.17. The van der Waals surface area contributed by atoms with Gasteiger partial charge in [0, 0.05) is 34.5 Å².